The summed E-state index contributed by atoms with van der Waals surface area (Å²) >= 11 is 0. The second-order valence-electron chi connectivity index (χ2n) is 7.08. The van der Waals surface area contributed by atoms with Crippen molar-refractivity contribution in [3.8, 4) is 11.6 Å². The van der Waals surface area contributed by atoms with E-state index in [1.54, 1.807) is 23.6 Å². The van der Waals surface area contributed by atoms with E-state index < -0.39 is 22.1 Å². The normalized spacial score (nSPS) is 15.4. The first-order valence-corrected chi connectivity index (χ1v) is 10.5. The van der Waals surface area contributed by atoms with Crippen molar-refractivity contribution in [2.45, 2.75) is 38.2 Å². The maximum atomic E-state index is 13.2. The predicted molar refractivity (Wildman–Crippen MR) is 102 cm³/mol. The van der Waals surface area contributed by atoms with Crippen molar-refractivity contribution in [3.63, 3.8) is 0 Å². The van der Waals surface area contributed by atoms with E-state index in [2.05, 4.69) is 9.72 Å². The topological polar surface area (TPSA) is 84.7 Å². The first kappa shape index (κ1) is 20.5. The molecule has 0 radical (unpaired) electrons. The number of aryl methyl sites for hydroxylation is 2. The molecule has 160 valence electrons. The molecule has 4 rings (SSSR count). The van der Waals surface area contributed by atoms with Crippen LogP contribution in [0.25, 0.3) is 10.9 Å². The lowest BCUT2D eigenvalue weighted by Crippen LogP contribution is -2.38. The summed E-state index contributed by atoms with van der Waals surface area (Å²) in [6.07, 6.45) is -4.86. The Bertz CT molecular complexity index is 1250. The number of aromatic nitrogens is 2. The van der Waals surface area contributed by atoms with Gasteiger partial charge >= 0.3 is 6.36 Å². The summed E-state index contributed by atoms with van der Waals surface area (Å²) in [6, 6.07) is 6.62. The zero-order chi connectivity index (χ0) is 21.8. The van der Waals surface area contributed by atoms with Crippen molar-refractivity contribution in [2.75, 3.05) is 6.54 Å². The molecule has 1 aliphatic rings. The number of benzene rings is 1. The van der Waals surface area contributed by atoms with Gasteiger partial charge in [0.1, 0.15) is 5.75 Å². The molecule has 0 atom stereocenters. The van der Waals surface area contributed by atoms with Crippen LogP contribution in [0.3, 0.4) is 0 Å². The van der Waals surface area contributed by atoms with Gasteiger partial charge in [-0.25, -0.2) is 8.42 Å². The fourth-order valence-corrected chi connectivity index (χ4v) is 5.27. The zero-order valence-electron chi connectivity index (χ0n) is 16.1. The molecule has 1 aliphatic heterocycles. The van der Waals surface area contributed by atoms with Gasteiger partial charge < -0.3 is 14.4 Å². The van der Waals surface area contributed by atoms with Crippen LogP contribution < -0.4 is 4.74 Å². The standard InChI is InChI=1S/C19H18F3N3O4S/c1-11-9-13(29-19(20,21)22)4-6-16(11)30(27,28)24-7-8-25-15(10-24)17-14(18(25)26)5-3-12(2)23-17/h3-6,9,26H,7-8,10H2,1-2H3. The third kappa shape index (κ3) is 3.47. The van der Waals surface area contributed by atoms with Gasteiger partial charge in [0.15, 0.2) is 0 Å². The Labute approximate surface area is 170 Å². The van der Waals surface area contributed by atoms with E-state index in [9.17, 15) is 26.7 Å². The molecule has 0 amide bonds. The number of fused-ring (bicyclic) bond motifs is 3. The number of ether oxygens (including phenoxy) is 1. The third-order valence-electron chi connectivity index (χ3n) is 5.03. The summed E-state index contributed by atoms with van der Waals surface area (Å²) < 4.78 is 70.4. The van der Waals surface area contributed by atoms with Gasteiger partial charge in [0.05, 0.1) is 28.0 Å². The van der Waals surface area contributed by atoms with Gasteiger partial charge in [-0.1, -0.05) is 0 Å². The van der Waals surface area contributed by atoms with E-state index in [0.717, 1.165) is 23.9 Å². The Morgan fingerprint density at radius 3 is 2.53 bits per heavy atom. The van der Waals surface area contributed by atoms with Gasteiger partial charge in [0.2, 0.25) is 15.9 Å². The minimum atomic E-state index is -4.86. The van der Waals surface area contributed by atoms with Crippen LogP contribution in [0, 0.1) is 13.8 Å². The molecule has 0 saturated heterocycles. The highest BCUT2D eigenvalue weighted by Crippen LogP contribution is 2.35. The molecule has 0 bridgehead atoms. The van der Waals surface area contributed by atoms with Crippen molar-refractivity contribution in [1.29, 1.82) is 0 Å². The largest absolute Gasteiger partial charge is 0.573 e. The average molecular weight is 441 g/mol. The van der Waals surface area contributed by atoms with Crippen LogP contribution in [0.5, 0.6) is 11.6 Å². The molecule has 1 aromatic carbocycles. The van der Waals surface area contributed by atoms with Gasteiger partial charge in [-0.3, -0.25) is 4.98 Å². The molecular weight excluding hydrogens is 423 g/mol. The summed E-state index contributed by atoms with van der Waals surface area (Å²) in [5.74, 6) is -0.448. The highest BCUT2D eigenvalue weighted by Gasteiger charge is 2.34. The first-order valence-electron chi connectivity index (χ1n) is 9.01. The SMILES string of the molecule is Cc1ccc2c(O)n3c(c2n1)CN(S(=O)(=O)c1ccc(OC(F)(F)F)cc1C)CC3. The second kappa shape index (κ2) is 6.88. The van der Waals surface area contributed by atoms with Crippen LogP contribution >= 0.6 is 0 Å². The number of rotatable bonds is 3. The average Bonchev–Trinajstić information content (AvgIpc) is 2.91. The molecule has 0 fully saturated rings. The van der Waals surface area contributed by atoms with Crippen LogP contribution in [-0.2, 0) is 23.1 Å². The van der Waals surface area contributed by atoms with Crippen molar-refractivity contribution in [1.82, 2.24) is 13.9 Å². The summed E-state index contributed by atoms with van der Waals surface area (Å²) in [7, 11) is -3.99. The molecule has 7 nitrogen and oxygen atoms in total. The van der Waals surface area contributed by atoms with Crippen LogP contribution in [-0.4, -0.2) is 40.3 Å². The Balaban J connectivity index is 1.70. The Morgan fingerprint density at radius 2 is 1.87 bits per heavy atom. The molecule has 2 aromatic heterocycles. The maximum absolute atomic E-state index is 13.2. The van der Waals surface area contributed by atoms with E-state index in [1.807, 2.05) is 0 Å². The van der Waals surface area contributed by atoms with Gasteiger partial charge in [0.25, 0.3) is 0 Å². The minimum absolute atomic E-state index is 0.0178. The molecule has 3 heterocycles. The number of halogens is 3. The van der Waals surface area contributed by atoms with Crippen molar-refractivity contribution >= 4 is 20.9 Å². The smallest absolute Gasteiger partial charge is 0.494 e. The van der Waals surface area contributed by atoms with Crippen LogP contribution in [0.4, 0.5) is 13.2 Å². The number of pyridine rings is 1. The number of hydrogen-bond acceptors (Lipinski definition) is 5. The molecule has 0 spiro atoms. The highest BCUT2D eigenvalue weighted by molar-refractivity contribution is 7.89. The summed E-state index contributed by atoms with van der Waals surface area (Å²) in [6.45, 7) is 3.52. The van der Waals surface area contributed by atoms with Gasteiger partial charge in [-0.2, -0.15) is 4.31 Å². The van der Waals surface area contributed by atoms with E-state index in [1.165, 1.54) is 11.2 Å². The van der Waals surface area contributed by atoms with Gasteiger partial charge in [-0.05, 0) is 49.7 Å². The predicted octanol–water partition coefficient (Wildman–Crippen LogP) is 3.46. The number of nitrogens with zero attached hydrogens (tertiary/aromatic N) is 3. The molecule has 0 unspecified atom stereocenters. The monoisotopic (exact) mass is 441 g/mol. The maximum Gasteiger partial charge on any atom is 0.573 e. The number of hydrogen-bond donors (Lipinski definition) is 1. The molecular formula is C19H18F3N3O4S. The summed E-state index contributed by atoms with van der Waals surface area (Å²) in [5, 5.41) is 11.0. The quantitative estimate of drug-likeness (QED) is 0.673. The minimum Gasteiger partial charge on any atom is -0.494 e. The van der Waals surface area contributed by atoms with Crippen LogP contribution in [0.15, 0.2) is 35.2 Å². The molecule has 1 N–H and O–H groups in total. The third-order valence-corrected chi connectivity index (χ3v) is 7.03. The van der Waals surface area contributed by atoms with Crippen LogP contribution in [0.1, 0.15) is 17.0 Å². The van der Waals surface area contributed by atoms with Crippen molar-refractivity contribution < 1.29 is 31.4 Å². The molecule has 0 aliphatic carbocycles. The fourth-order valence-electron chi connectivity index (χ4n) is 3.67. The second-order valence-corrected chi connectivity index (χ2v) is 8.99. The Kier molecular flexibility index (Phi) is 4.70. The molecule has 11 heteroatoms. The lowest BCUT2D eigenvalue weighted by Gasteiger charge is -2.28. The van der Waals surface area contributed by atoms with E-state index >= 15 is 0 Å². The Hall–Kier alpha value is -2.79. The summed E-state index contributed by atoms with van der Waals surface area (Å²) in [4.78, 5) is 4.33. The zero-order valence-corrected chi connectivity index (χ0v) is 16.9. The van der Waals surface area contributed by atoms with E-state index in [-0.39, 0.29) is 36.0 Å². The summed E-state index contributed by atoms with van der Waals surface area (Å²) in [5.41, 5.74) is 1.96. The van der Waals surface area contributed by atoms with Crippen LogP contribution in [0.2, 0.25) is 0 Å². The van der Waals surface area contributed by atoms with Gasteiger partial charge in [0, 0.05) is 18.8 Å². The van der Waals surface area contributed by atoms with Gasteiger partial charge in [-0.15, -0.1) is 13.2 Å². The fraction of sp³-hybridized carbons (Fsp3) is 0.316. The lowest BCUT2D eigenvalue weighted by atomic mass is 10.2. The first-order chi connectivity index (χ1) is 14.0. The number of sulfonamides is 1. The number of alkyl halides is 3. The van der Waals surface area contributed by atoms with Crippen molar-refractivity contribution in [3.05, 3.63) is 47.3 Å². The Morgan fingerprint density at radius 1 is 1.13 bits per heavy atom. The molecule has 30 heavy (non-hydrogen) atoms. The van der Waals surface area contributed by atoms with E-state index in [0.29, 0.717) is 16.6 Å². The van der Waals surface area contributed by atoms with E-state index in [4.69, 9.17) is 0 Å². The molecule has 0 saturated carbocycles. The lowest BCUT2D eigenvalue weighted by molar-refractivity contribution is -0.274. The highest BCUT2D eigenvalue weighted by atomic mass is 32.2. The number of aromatic hydroxyl groups is 1. The van der Waals surface area contributed by atoms with Crippen molar-refractivity contribution in [2.24, 2.45) is 0 Å². The molecule has 3 aromatic rings.